The normalized spacial score (nSPS) is 19.8. The highest BCUT2D eigenvalue weighted by Crippen LogP contribution is 2.21. The van der Waals surface area contributed by atoms with Gasteiger partial charge < -0.3 is 9.72 Å². The first kappa shape index (κ1) is 9.46. The smallest absolute Gasteiger partial charge is 0.180 e. The second-order valence-corrected chi connectivity index (χ2v) is 4.18. The number of nitrogens with one attached hydrogen (secondary N) is 1. The number of H-pyrrole nitrogens is 1. The molecular formula is C13H14N2O. The number of ether oxygens (including phenoxy) is 1. The molecule has 1 N–H and O–H groups in total. The number of fused-ring (bicyclic) bond motifs is 1. The molecule has 3 nitrogen and oxygen atoms in total. The van der Waals surface area contributed by atoms with Crippen molar-refractivity contribution in [3.63, 3.8) is 0 Å². The molecule has 0 bridgehead atoms. The van der Waals surface area contributed by atoms with Crippen LogP contribution in [0.15, 0.2) is 35.5 Å². The molecule has 1 unspecified atom stereocenters. The Morgan fingerprint density at radius 2 is 2.31 bits per heavy atom. The Labute approximate surface area is 94.1 Å². The van der Waals surface area contributed by atoms with Gasteiger partial charge in [-0.25, -0.2) is 4.99 Å². The molecule has 0 saturated heterocycles. The first-order valence-corrected chi connectivity index (χ1v) is 5.55. The topological polar surface area (TPSA) is 37.4 Å². The van der Waals surface area contributed by atoms with E-state index >= 15 is 0 Å². The number of hydrogen-bond donors (Lipinski definition) is 1. The molecule has 1 aromatic carbocycles. The number of aliphatic imine (C=N–C) groups is 1. The molecule has 2 heterocycles. The maximum atomic E-state index is 5.37. The molecule has 3 rings (SSSR count). The summed E-state index contributed by atoms with van der Waals surface area (Å²) in [6, 6.07) is 8.63. The summed E-state index contributed by atoms with van der Waals surface area (Å²) in [6.45, 7) is 2.63. The zero-order chi connectivity index (χ0) is 11.0. The largest absolute Gasteiger partial charge is 0.479 e. The molecule has 3 heteroatoms. The molecule has 1 atom stereocenters. The van der Waals surface area contributed by atoms with Gasteiger partial charge in [-0.15, -0.1) is 0 Å². The SMILES string of the molecule is CC1=NC(Cc2c[nH]c3ccccc23)CO1. The molecule has 2 aromatic rings. The van der Waals surface area contributed by atoms with Gasteiger partial charge in [-0.2, -0.15) is 0 Å². The van der Waals surface area contributed by atoms with Gasteiger partial charge in [0.25, 0.3) is 0 Å². The summed E-state index contributed by atoms with van der Waals surface area (Å²) in [6.07, 6.45) is 3.02. The molecule has 0 fully saturated rings. The lowest BCUT2D eigenvalue weighted by Gasteiger charge is -2.03. The van der Waals surface area contributed by atoms with E-state index in [0.29, 0.717) is 6.61 Å². The van der Waals surface area contributed by atoms with Crippen LogP contribution in [0.4, 0.5) is 0 Å². The summed E-state index contributed by atoms with van der Waals surface area (Å²) >= 11 is 0. The van der Waals surface area contributed by atoms with E-state index in [9.17, 15) is 0 Å². The van der Waals surface area contributed by atoms with Crippen molar-refractivity contribution in [3.05, 3.63) is 36.0 Å². The van der Waals surface area contributed by atoms with Crippen molar-refractivity contribution in [2.75, 3.05) is 6.61 Å². The van der Waals surface area contributed by atoms with Gasteiger partial charge in [-0.1, -0.05) is 18.2 Å². The fourth-order valence-electron chi connectivity index (χ4n) is 2.21. The lowest BCUT2D eigenvalue weighted by atomic mass is 10.1. The first-order valence-electron chi connectivity index (χ1n) is 5.55. The second-order valence-electron chi connectivity index (χ2n) is 4.18. The Balaban J connectivity index is 1.89. The van der Waals surface area contributed by atoms with Crippen molar-refractivity contribution in [2.45, 2.75) is 19.4 Å². The summed E-state index contributed by atoms with van der Waals surface area (Å²) in [4.78, 5) is 7.73. The third-order valence-corrected chi connectivity index (χ3v) is 2.98. The summed E-state index contributed by atoms with van der Waals surface area (Å²) in [7, 11) is 0. The van der Waals surface area contributed by atoms with E-state index in [0.717, 1.165) is 12.3 Å². The first-order chi connectivity index (χ1) is 7.83. The van der Waals surface area contributed by atoms with E-state index in [-0.39, 0.29) is 6.04 Å². The van der Waals surface area contributed by atoms with Crippen molar-refractivity contribution in [1.29, 1.82) is 0 Å². The van der Waals surface area contributed by atoms with Crippen LogP contribution in [0.2, 0.25) is 0 Å². The minimum Gasteiger partial charge on any atom is -0.479 e. The van der Waals surface area contributed by atoms with Crippen LogP contribution < -0.4 is 0 Å². The van der Waals surface area contributed by atoms with Crippen molar-refractivity contribution in [3.8, 4) is 0 Å². The minimum atomic E-state index is 0.277. The summed E-state index contributed by atoms with van der Waals surface area (Å²) in [5, 5.41) is 1.29. The Bertz CT molecular complexity index is 542. The van der Waals surface area contributed by atoms with Crippen LogP contribution in [0.5, 0.6) is 0 Å². The fourth-order valence-corrected chi connectivity index (χ4v) is 2.21. The lowest BCUT2D eigenvalue weighted by molar-refractivity contribution is 0.314. The number of aromatic nitrogens is 1. The van der Waals surface area contributed by atoms with Crippen molar-refractivity contribution < 1.29 is 4.74 Å². The third-order valence-electron chi connectivity index (χ3n) is 2.98. The van der Waals surface area contributed by atoms with Gasteiger partial charge in [0.15, 0.2) is 5.90 Å². The van der Waals surface area contributed by atoms with Crippen LogP contribution in [0.3, 0.4) is 0 Å². The molecule has 0 spiro atoms. The average molecular weight is 214 g/mol. The van der Waals surface area contributed by atoms with Crippen LogP contribution >= 0.6 is 0 Å². The minimum absolute atomic E-state index is 0.277. The molecule has 1 aliphatic heterocycles. The Morgan fingerprint density at radius 1 is 1.44 bits per heavy atom. The number of benzene rings is 1. The zero-order valence-corrected chi connectivity index (χ0v) is 9.23. The standard InChI is InChI=1S/C13H14N2O/c1-9-15-11(8-16-9)6-10-7-14-13-5-3-2-4-12(10)13/h2-5,7,11,14H,6,8H2,1H3. The highest BCUT2D eigenvalue weighted by molar-refractivity contribution is 5.83. The molecule has 82 valence electrons. The van der Waals surface area contributed by atoms with Crippen molar-refractivity contribution in [1.82, 2.24) is 4.98 Å². The molecule has 0 radical (unpaired) electrons. The van der Waals surface area contributed by atoms with Crippen LogP contribution in [0.1, 0.15) is 12.5 Å². The maximum Gasteiger partial charge on any atom is 0.180 e. The van der Waals surface area contributed by atoms with Gasteiger partial charge in [0.2, 0.25) is 0 Å². The van der Waals surface area contributed by atoms with Gasteiger partial charge in [-0.05, 0) is 11.6 Å². The highest BCUT2D eigenvalue weighted by atomic mass is 16.5. The van der Waals surface area contributed by atoms with Gasteiger partial charge >= 0.3 is 0 Å². The Kier molecular flexibility index (Phi) is 2.17. The predicted octanol–water partition coefficient (Wildman–Crippen LogP) is 2.53. The molecule has 0 amide bonds. The second kappa shape index (κ2) is 3.67. The van der Waals surface area contributed by atoms with E-state index in [1.807, 2.05) is 13.0 Å². The Morgan fingerprint density at radius 3 is 3.12 bits per heavy atom. The molecule has 1 aliphatic rings. The van der Waals surface area contributed by atoms with Gasteiger partial charge in [-0.3, -0.25) is 0 Å². The number of hydrogen-bond acceptors (Lipinski definition) is 2. The van der Waals surface area contributed by atoms with E-state index in [2.05, 4.69) is 34.4 Å². The number of para-hydroxylation sites is 1. The van der Waals surface area contributed by atoms with E-state index < -0.39 is 0 Å². The number of rotatable bonds is 2. The highest BCUT2D eigenvalue weighted by Gasteiger charge is 2.17. The monoisotopic (exact) mass is 214 g/mol. The third kappa shape index (κ3) is 1.58. The summed E-state index contributed by atoms with van der Waals surface area (Å²) in [5.41, 5.74) is 2.51. The molecule has 0 saturated carbocycles. The molecular weight excluding hydrogens is 200 g/mol. The van der Waals surface area contributed by atoms with Crippen LogP contribution in [-0.2, 0) is 11.2 Å². The predicted molar refractivity (Wildman–Crippen MR) is 64.9 cm³/mol. The molecule has 0 aliphatic carbocycles. The maximum absolute atomic E-state index is 5.37. The van der Waals surface area contributed by atoms with Crippen LogP contribution in [0, 0.1) is 0 Å². The van der Waals surface area contributed by atoms with Gasteiger partial charge in [0.05, 0.1) is 6.04 Å². The van der Waals surface area contributed by atoms with Gasteiger partial charge in [0, 0.05) is 30.4 Å². The molecule has 16 heavy (non-hydrogen) atoms. The van der Waals surface area contributed by atoms with Crippen molar-refractivity contribution in [2.24, 2.45) is 4.99 Å². The lowest BCUT2D eigenvalue weighted by Crippen LogP contribution is -2.09. The zero-order valence-electron chi connectivity index (χ0n) is 9.23. The number of aromatic amines is 1. The average Bonchev–Trinajstić information content (AvgIpc) is 2.87. The van der Waals surface area contributed by atoms with Crippen LogP contribution in [0.25, 0.3) is 10.9 Å². The van der Waals surface area contributed by atoms with Crippen LogP contribution in [-0.4, -0.2) is 23.5 Å². The quantitative estimate of drug-likeness (QED) is 0.819. The fraction of sp³-hybridized carbons (Fsp3) is 0.308. The van der Waals surface area contributed by atoms with E-state index in [1.54, 1.807) is 0 Å². The summed E-state index contributed by atoms with van der Waals surface area (Å²) < 4.78 is 5.37. The Hall–Kier alpha value is -1.77. The number of nitrogens with zero attached hydrogens (tertiary/aromatic N) is 1. The summed E-state index contributed by atoms with van der Waals surface area (Å²) in [5.74, 6) is 0.810. The van der Waals surface area contributed by atoms with E-state index in [4.69, 9.17) is 4.74 Å². The van der Waals surface area contributed by atoms with E-state index in [1.165, 1.54) is 16.5 Å². The molecule has 1 aromatic heterocycles. The van der Waals surface area contributed by atoms with Crippen molar-refractivity contribution >= 4 is 16.8 Å². The van der Waals surface area contributed by atoms with Gasteiger partial charge in [0.1, 0.15) is 6.61 Å².